The van der Waals surface area contributed by atoms with Gasteiger partial charge in [0.05, 0.1) is 19.3 Å². The van der Waals surface area contributed by atoms with E-state index in [2.05, 4.69) is 0 Å². The molecule has 0 saturated carbocycles. The molecule has 0 heterocycles. The molecule has 17 heavy (non-hydrogen) atoms. The largest absolute Gasteiger partial charge is 0.497 e. The minimum Gasteiger partial charge on any atom is -0.497 e. The average molecular weight is 259 g/mol. The van der Waals surface area contributed by atoms with Gasteiger partial charge in [0.25, 0.3) is 0 Å². The van der Waals surface area contributed by atoms with Crippen molar-refractivity contribution < 1.29 is 14.9 Å². The number of aliphatic hydroxyl groups excluding tert-OH is 2. The lowest BCUT2D eigenvalue weighted by atomic mass is 10.0. The van der Waals surface area contributed by atoms with Crippen molar-refractivity contribution in [3.05, 3.63) is 28.8 Å². The standard InChI is InChI=1S/C13H19ClO3/c1-3-12(15)13(16)7-5-9-4-6-10(17-2)8-11(9)14/h4,6,8,12-13,15-16H,3,5,7H2,1-2H3. The molecular formula is C13H19ClO3. The second-order valence-corrected chi connectivity index (χ2v) is 4.45. The molecule has 3 nitrogen and oxygen atoms in total. The molecule has 4 heteroatoms. The maximum atomic E-state index is 9.65. The first-order chi connectivity index (χ1) is 8.08. The molecule has 0 fully saturated rings. The van der Waals surface area contributed by atoms with E-state index in [1.54, 1.807) is 13.2 Å². The number of hydrogen-bond donors (Lipinski definition) is 2. The van der Waals surface area contributed by atoms with Gasteiger partial charge in [-0.3, -0.25) is 0 Å². The highest BCUT2D eigenvalue weighted by Crippen LogP contribution is 2.24. The van der Waals surface area contributed by atoms with Crippen LogP contribution in [0.5, 0.6) is 5.75 Å². The molecule has 0 aliphatic heterocycles. The summed E-state index contributed by atoms with van der Waals surface area (Å²) in [5.41, 5.74) is 0.954. The topological polar surface area (TPSA) is 49.7 Å². The fourth-order valence-electron chi connectivity index (χ4n) is 1.63. The van der Waals surface area contributed by atoms with Crippen LogP contribution in [0.3, 0.4) is 0 Å². The van der Waals surface area contributed by atoms with Gasteiger partial charge in [0, 0.05) is 5.02 Å². The highest BCUT2D eigenvalue weighted by Gasteiger charge is 2.14. The Kier molecular flexibility index (Phi) is 5.75. The molecule has 1 aromatic rings. The maximum absolute atomic E-state index is 9.65. The van der Waals surface area contributed by atoms with Gasteiger partial charge in [-0.05, 0) is 37.0 Å². The van der Waals surface area contributed by atoms with Gasteiger partial charge in [-0.2, -0.15) is 0 Å². The first-order valence-corrected chi connectivity index (χ1v) is 6.14. The summed E-state index contributed by atoms with van der Waals surface area (Å²) in [5.74, 6) is 0.716. The van der Waals surface area contributed by atoms with Gasteiger partial charge >= 0.3 is 0 Å². The van der Waals surface area contributed by atoms with Crippen molar-refractivity contribution in [2.24, 2.45) is 0 Å². The number of aliphatic hydroxyl groups is 2. The highest BCUT2D eigenvalue weighted by atomic mass is 35.5. The fraction of sp³-hybridized carbons (Fsp3) is 0.538. The summed E-state index contributed by atoms with van der Waals surface area (Å²) >= 11 is 6.08. The molecule has 0 aliphatic rings. The van der Waals surface area contributed by atoms with Crippen LogP contribution in [-0.4, -0.2) is 29.5 Å². The van der Waals surface area contributed by atoms with E-state index in [9.17, 15) is 10.2 Å². The molecule has 2 atom stereocenters. The summed E-state index contributed by atoms with van der Waals surface area (Å²) in [7, 11) is 1.59. The lowest BCUT2D eigenvalue weighted by Crippen LogP contribution is -2.25. The smallest absolute Gasteiger partial charge is 0.120 e. The third kappa shape index (κ3) is 4.19. The Balaban J connectivity index is 2.57. The zero-order valence-corrected chi connectivity index (χ0v) is 10.9. The van der Waals surface area contributed by atoms with Gasteiger partial charge < -0.3 is 14.9 Å². The lowest BCUT2D eigenvalue weighted by molar-refractivity contribution is 0.0130. The number of halogens is 1. The third-order valence-electron chi connectivity index (χ3n) is 2.83. The Morgan fingerprint density at radius 1 is 1.29 bits per heavy atom. The number of ether oxygens (including phenoxy) is 1. The summed E-state index contributed by atoms with van der Waals surface area (Å²) in [6, 6.07) is 5.47. The van der Waals surface area contributed by atoms with Gasteiger partial charge in [0.1, 0.15) is 5.75 Å². The van der Waals surface area contributed by atoms with Crippen LogP contribution in [0.1, 0.15) is 25.3 Å². The van der Waals surface area contributed by atoms with E-state index >= 15 is 0 Å². The Morgan fingerprint density at radius 2 is 2.00 bits per heavy atom. The number of hydrogen-bond acceptors (Lipinski definition) is 3. The maximum Gasteiger partial charge on any atom is 0.120 e. The Morgan fingerprint density at radius 3 is 2.53 bits per heavy atom. The van der Waals surface area contributed by atoms with Gasteiger partial charge in [-0.15, -0.1) is 0 Å². The van der Waals surface area contributed by atoms with Crippen LogP contribution < -0.4 is 4.74 Å². The van der Waals surface area contributed by atoms with Crippen LogP contribution in [0, 0.1) is 0 Å². The molecule has 1 rings (SSSR count). The number of aryl methyl sites for hydroxylation is 1. The van der Waals surface area contributed by atoms with Crippen LogP contribution in [0.4, 0.5) is 0 Å². The predicted octanol–water partition coefficient (Wildman–Crippen LogP) is 2.41. The molecule has 0 radical (unpaired) electrons. The zero-order valence-electron chi connectivity index (χ0n) is 10.2. The van der Waals surface area contributed by atoms with Crippen LogP contribution in [0.25, 0.3) is 0 Å². The normalized spacial score (nSPS) is 14.4. The molecule has 0 saturated heterocycles. The van der Waals surface area contributed by atoms with Gasteiger partial charge in [-0.1, -0.05) is 24.6 Å². The Hall–Kier alpha value is -0.770. The molecule has 2 unspecified atom stereocenters. The Bertz CT molecular complexity index is 355. The minimum atomic E-state index is -0.696. The van der Waals surface area contributed by atoms with Crippen molar-refractivity contribution >= 4 is 11.6 Å². The van der Waals surface area contributed by atoms with Crippen LogP contribution in [0.15, 0.2) is 18.2 Å². The number of methoxy groups -OCH3 is 1. The van der Waals surface area contributed by atoms with E-state index in [1.165, 1.54) is 0 Å². The summed E-state index contributed by atoms with van der Waals surface area (Å²) in [4.78, 5) is 0. The SMILES string of the molecule is CCC(O)C(O)CCc1ccc(OC)cc1Cl. The van der Waals surface area contributed by atoms with Crippen molar-refractivity contribution in [2.45, 2.75) is 38.4 Å². The highest BCUT2D eigenvalue weighted by molar-refractivity contribution is 6.31. The van der Waals surface area contributed by atoms with E-state index in [4.69, 9.17) is 16.3 Å². The molecule has 0 aromatic heterocycles. The molecule has 0 aliphatic carbocycles. The average Bonchev–Trinajstić information content (AvgIpc) is 2.35. The van der Waals surface area contributed by atoms with Crippen molar-refractivity contribution in [2.75, 3.05) is 7.11 Å². The van der Waals surface area contributed by atoms with E-state index in [0.29, 0.717) is 30.0 Å². The fourth-order valence-corrected chi connectivity index (χ4v) is 1.89. The summed E-state index contributed by atoms with van der Waals surface area (Å²) < 4.78 is 5.06. The quantitative estimate of drug-likeness (QED) is 0.824. The summed E-state index contributed by atoms with van der Waals surface area (Å²) in [6.45, 7) is 1.84. The number of rotatable bonds is 6. The first-order valence-electron chi connectivity index (χ1n) is 5.77. The van der Waals surface area contributed by atoms with Crippen molar-refractivity contribution in [1.29, 1.82) is 0 Å². The summed E-state index contributed by atoms with van der Waals surface area (Å²) in [6.07, 6.45) is 0.338. The second-order valence-electron chi connectivity index (χ2n) is 4.04. The van der Waals surface area contributed by atoms with Gasteiger partial charge in [0.2, 0.25) is 0 Å². The van der Waals surface area contributed by atoms with Gasteiger partial charge in [0.15, 0.2) is 0 Å². The third-order valence-corrected chi connectivity index (χ3v) is 3.18. The monoisotopic (exact) mass is 258 g/mol. The first kappa shape index (κ1) is 14.3. The van der Waals surface area contributed by atoms with E-state index < -0.39 is 12.2 Å². The molecule has 0 spiro atoms. The molecular weight excluding hydrogens is 240 g/mol. The predicted molar refractivity (Wildman–Crippen MR) is 68.6 cm³/mol. The number of benzene rings is 1. The molecule has 96 valence electrons. The molecule has 2 N–H and O–H groups in total. The van der Waals surface area contributed by atoms with Crippen molar-refractivity contribution in [3.8, 4) is 5.75 Å². The lowest BCUT2D eigenvalue weighted by Gasteiger charge is -2.16. The van der Waals surface area contributed by atoms with Crippen molar-refractivity contribution in [3.63, 3.8) is 0 Å². The van der Waals surface area contributed by atoms with Crippen LogP contribution in [0.2, 0.25) is 5.02 Å². The van der Waals surface area contributed by atoms with Crippen molar-refractivity contribution in [1.82, 2.24) is 0 Å². The molecule has 1 aromatic carbocycles. The van der Waals surface area contributed by atoms with E-state index in [-0.39, 0.29) is 0 Å². The molecule has 0 bridgehead atoms. The Labute approximate surface area is 107 Å². The van der Waals surface area contributed by atoms with Crippen LogP contribution in [-0.2, 0) is 6.42 Å². The zero-order chi connectivity index (χ0) is 12.8. The summed E-state index contributed by atoms with van der Waals surface area (Å²) in [5, 5.41) is 19.7. The minimum absolute atomic E-state index is 0.501. The van der Waals surface area contributed by atoms with Gasteiger partial charge in [-0.25, -0.2) is 0 Å². The van der Waals surface area contributed by atoms with Crippen LogP contribution >= 0.6 is 11.6 Å². The second kappa shape index (κ2) is 6.84. The van der Waals surface area contributed by atoms with E-state index in [1.807, 2.05) is 19.1 Å². The van der Waals surface area contributed by atoms with E-state index in [0.717, 1.165) is 5.56 Å². The molecule has 0 amide bonds.